The number of halogens is 1. The molecule has 1 fully saturated rings. The maximum atomic E-state index is 12.6. The first kappa shape index (κ1) is 20.9. The minimum Gasteiger partial charge on any atom is -0.330 e. The van der Waals surface area contributed by atoms with E-state index < -0.39 is 10.0 Å². The summed E-state index contributed by atoms with van der Waals surface area (Å²) in [4.78, 5) is 13.7. The topological polar surface area (TPSA) is 83.7 Å². The summed E-state index contributed by atoms with van der Waals surface area (Å²) >= 11 is 0. The van der Waals surface area contributed by atoms with Crippen molar-refractivity contribution in [1.82, 2.24) is 4.31 Å². The highest BCUT2D eigenvalue weighted by atomic mass is 35.5. The molecule has 2 rings (SSSR count). The van der Waals surface area contributed by atoms with Crippen molar-refractivity contribution < 1.29 is 13.2 Å². The number of benzene rings is 1. The standard InChI is InChI=1S/C16H25N3O3S.ClH/c1-16(2,11-17)12-18(3)23(21,22)14-8-6-13(7-9-14)19-10-4-5-15(19)20;/h6-9H,4-5,10-12,17H2,1-3H3;1H. The van der Waals surface area contributed by atoms with Crippen LogP contribution in [0.25, 0.3) is 0 Å². The van der Waals surface area contributed by atoms with Crippen LogP contribution in [0.4, 0.5) is 5.69 Å². The van der Waals surface area contributed by atoms with Gasteiger partial charge in [0, 0.05) is 32.2 Å². The van der Waals surface area contributed by atoms with Crippen LogP contribution in [-0.2, 0) is 14.8 Å². The Hall–Kier alpha value is -1.15. The van der Waals surface area contributed by atoms with E-state index >= 15 is 0 Å². The molecule has 0 radical (unpaired) electrons. The molecule has 1 aromatic carbocycles. The first-order valence-corrected chi connectivity index (χ1v) is 9.18. The minimum atomic E-state index is -3.56. The Bertz CT molecular complexity index is 674. The fraction of sp³-hybridized carbons (Fsp3) is 0.562. The predicted molar refractivity (Wildman–Crippen MR) is 97.9 cm³/mol. The maximum Gasteiger partial charge on any atom is 0.242 e. The fourth-order valence-corrected chi connectivity index (χ4v) is 4.01. The third-order valence-corrected chi connectivity index (χ3v) is 5.95. The summed E-state index contributed by atoms with van der Waals surface area (Å²) in [6.45, 7) is 5.30. The maximum absolute atomic E-state index is 12.6. The van der Waals surface area contributed by atoms with Crippen molar-refractivity contribution in [2.75, 3.05) is 31.6 Å². The van der Waals surface area contributed by atoms with Gasteiger partial charge < -0.3 is 10.6 Å². The lowest BCUT2D eigenvalue weighted by molar-refractivity contribution is -0.117. The quantitative estimate of drug-likeness (QED) is 0.822. The fourth-order valence-electron chi connectivity index (χ4n) is 2.65. The number of amides is 1. The van der Waals surface area contributed by atoms with Gasteiger partial charge in [-0.1, -0.05) is 13.8 Å². The molecule has 1 aliphatic heterocycles. The van der Waals surface area contributed by atoms with Gasteiger partial charge in [-0.05, 0) is 42.6 Å². The monoisotopic (exact) mass is 375 g/mol. The number of anilines is 1. The Labute approximate surface area is 150 Å². The number of nitrogens with zero attached hydrogens (tertiary/aromatic N) is 2. The van der Waals surface area contributed by atoms with Crippen LogP contribution in [0.15, 0.2) is 29.2 Å². The molecule has 1 saturated heterocycles. The average Bonchev–Trinajstić information content (AvgIpc) is 2.93. The Kier molecular flexibility index (Phi) is 6.81. The summed E-state index contributed by atoms with van der Waals surface area (Å²) in [7, 11) is -2.00. The van der Waals surface area contributed by atoms with E-state index in [-0.39, 0.29) is 28.6 Å². The number of hydrogen-bond acceptors (Lipinski definition) is 4. The van der Waals surface area contributed by atoms with Gasteiger partial charge in [-0.25, -0.2) is 12.7 Å². The molecule has 8 heteroatoms. The molecule has 136 valence electrons. The van der Waals surface area contributed by atoms with Crippen LogP contribution < -0.4 is 10.6 Å². The largest absolute Gasteiger partial charge is 0.330 e. The van der Waals surface area contributed by atoms with Crippen molar-refractivity contribution in [3.63, 3.8) is 0 Å². The van der Waals surface area contributed by atoms with E-state index in [0.29, 0.717) is 26.1 Å². The SMILES string of the molecule is CN(CC(C)(C)CN)S(=O)(=O)c1ccc(N2CCCC2=O)cc1.Cl. The zero-order chi connectivity index (χ0) is 17.3. The first-order valence-electron chi connectivity index (χ1n) is 7.74. The molecule has 2 N–H and O–H groups in total. The molecular weight excluding hydrogens is 350 g/mol. The van der Waals surface area contributed by atoms with Crippen molar-refractivity contribution in [2.45, 2.75) is 31.6 Å². The lowest BCUT2D eigenvalue weighted by Gasteiger charge is -2.28. The molecular formula is C16H26ClN3O3S. The highest BCUT2D eigenvalue weighted by Crippen LogP contribution is 2.25. The Morgan fingerprint density at radius 3 is 2.29 bits per heavy atom. The summed E-state index contributed by atoms with van der Waals surface area (Å²) in [5, 5.41) is 0. The first-order chi connectivity index (χ1) is 10.7. The summed E-state index contributed by atoms with van der Waals surface area (Å²) in [5.41, 5.74) is 6.14. The average molecular weight is 376 g/mol. The van der Waals surface area contributed by atoms with Crippen LogP contribution >= 0.6 is 12.4 Å². The number of sulfonamides is 1. The van der Waals surface area contributed by atoms with Crippen LogP contribution in [0.1, 0.15) is 26.7 Å². The van der Waals surface area contributed by atoms with E-state index in [0.717, 1.165) is 12.1 Å². The van der Waals surface area contributed by atoms with Crippen LogP contribution in [0, 0.1) is 5.41 Å². The molecule has 1 amide bonds. The third-order valence-electron chi connectivity index (χ3n) is 4.13. The summed E-state index contributed by atoms with van der Waals surface area (Å²) < 4.78 is 26.6. The van der Waals surface area contributed by atoms with Gasteiger partial charge in [0.25, 0.3) is 0 Å². The molecule has 0 saturated carbocycles. The Morgan fingerprint density at radius 2 is 1.83 bits per heavy atom. The van der Waals surface area contributed by atoms with E-state index in [2.05, 4.69) is 0 Å². The van der Waals surface area contributed by atoms with Gasteiger partial charge in [0.15, 0.2) is 0 Å². The van der Waals surface area contributed by atoms with Crippen molar-refractivity contribution in [1.29, 1.82) is 0 Å². The van der Waals surface area contributed by atoms with Crippen LogP contribution in [0.5, 0.6) is 0 Å². The molecule has 0 aromatic heterocycles. The normalized spacial score (nSPS) is 15.7. The predicted octanol–water partition coefficient (Wildman–Crippen LogP) is 1.84. The van der Waals surface area contributed by atoms with Crippen LogP contribution in [-0.4, -0.2) is 45.3 Å². The minimum absolute atomic E-state index is 0. The lowest BCUT2D eigenvalue weighted by atomic mass is 9.94. The van der Waals surface area contributed by atoms with E-state index in [4.69, 9.17) is 5.73 Å². The molecule has 0 atom stereocenters. The molecule has 0 aliphatic carbocycles. The van der Waals surface area contributed by atoms with Crippen LogP contribution in [0.2, 0.25) is 0 Å². The van der Waals surface area contributed by atoms with Crippen molar-refractivity contribution in [3.05, 3.63) is 24.3 Å². The molecule has 0 unspecified atom stereocenters. The van der Waals surface area contributed by atoms with Crippen molar-refractivity contribution in [2.24, 2.45) is 11.1 Å². The van der Waals surface area contributed by atoms with E-state index in [1.807, 2.05) is 13.8 Å². The second-order valence-electron chi connectivity index (χ2n) is 6.77. The zero-order valence-electron chi connectivity index (χ0n) is 14.4. The summed E-state index contributed by atoms with van der Waals surface area (Å²) in [6, 6.07) is 6.50. The zero-order valence-corrected chi connectivity index (χ0v) is 16.0. The number of carbonyl (C=O) groups is 1. The third kappa shape index (κ3) is 4.47. The highest BCUT2D eigenvalue weighted by Gasteiger charge is 2.28. The lowest BCUT2D eigenvalue weighted by Crippen LogP contribution is -2.39. The van der Waals surface area contributed by atoms with Crippen molar-refractivity contribution in [3.8, 4) is 0 Å². The van der Waals surface area contributed by atoms with Crippen molar-refractivity contribution >= 4 is 34.0 Å². The van der Waals surface area contributed by atoms with Gasteiger partial charge >= 0.3 is 0 Å². The molecule has 24 heavy (non-hydrogen) atoms. The molecule has 1 aliphatic rings. The Morgan fingerprint density at radius 1 is 1.25 bits per heavy atom. The summed E-state index contributed by atoms with van der Waals surface area (Å²) in [6.07, 6.45) is 1.40. The van der Waals surface area contributed by atoms with Gasteiger partial charge in [0.1, 0.15) is 0 Å². The molecule has 6 nitrogen and oxygen atoms in total. The Balaban J connectivity index is 0.00000288. The van der Waals surface area contributed by atoms with Gasteiger partial charge in [-0.15, -0.1) is 12.4 Å². The molecule has 0 bridgehead atoms. The molecule has 1 heterocycles. The smallest absolute Gasteiger partial charge is 0.242 e. The molecule has 0 spiro atoms. The molecule has 1 aromatic rings. The number of nitrogens with two attached hydrogens (primary N) is 1. The number of rotatable bonds is 6. The van der Waals surface area contributed by atoms with Gasteiger partial charge in [-0.3, -0.25) is 4.79 Å². The number of hydrogen-bond donors (Lipinski definition) is 1. The van der Waals surface area contributed by atoms with E-state index in [1.54, 1.807) is 36.2 Å². The summed E-state index contributed by atoms with van der Waals surface area (Å²) in [5.74, 6) is 0.0856. The van der Waals surface area contributed by atoms with E-state index in [9.17, 15) is 13.2 Å². The van der Waals surface area contributed by atoms with Crippen LogP contribution in [0.3, 0.4) is 0 Å². The second-order valence-corrected chi connectivity index (χ2v) is 8.82. The highest BCUT2D eigenvalue weighted by molar-refractivity contribution is 7.89. The van der Waals surface area contributed by atoms with Gasteiger partial charge in [-0.2, -0.15) is 0 Å². The second kappa shape index (κ2) is 7.82. The van der Waals surface area contributed by atoms with Gasteiger partial charge in [0.05, 0.1) is 4.90 Å². The number of carbonyl (C=O) groups excluding carboxylic acids is 1. The van der Waals surface area contributed by atoms with Gasteiger partial charge in [0.2, 0.25) is 15.9 Å². The van der Waals surface area contributed by atoms with E-state index in [1.165, 1.54) is 4.31 Å².